The normalized spacial score (nSPS) is 16.3. The van der Waals surface area contributed by atoms with Crippen molar-refractivity contribution in [3.8, 4) is 5.75 Å². The summed E-state index contributed by atoms with van der Waals surface area (Å²) in [6, 6.07) is 12.7. The predicted molar refractivity (Wildman–Crippen MR) is 120 cm³/mol. The molecular formula is C23H28N2O6S. The number of anilines is 1. The molecule has 1 aliphatic rings. The summed E-state index contributed by atoms with van der Waals surface area (Å²) in [4.78, 5) is 26.6. The molecule has 2 aromatic rings. The first-order chi connectivity index (χ1) is 15.3. The number of para-hydroxylation sites is 2. The quantitative estimate of drug-likeness (QED) is 0.590. The van der Waals surface area contributed by atoms with Gasteiger partial charge in [-0.05, 0) is 56.2 Å². The summed E-state index contributed by atoms with van der Waals surface area (Å²) in [6.07, 6.45) is 1.40. The zero-order chi connectivity index (χ0) is 23.3. The number of carbonyl (C=O) groups excluding carboxylic acids is 2. The van der Waals surface area contributed by atoms with E-state index in [2.05, 4.69) is 0 Å². The van der Waals surface area contributed by atoms with Gasteiger partial charge in [0.25, 0.3) is 15.9 Å². The maximum Gasteiger partial charge on any atom is 0.310 e. The molecule has 0 saturated carbocycles. The van der Waals surface area contributed by atoms with E-state index in [1.165, 1.54) is 38.4 Å². The van der Waals surface area contributed by atoms with E-state index in [0.717, 1.165) is 4.31 Å². The molecule has 0 aliphatic carbocycles. The fraction of sp³-hybridized carbons (Fsp3) is 0.391. The number of amides is 1. The van der Waals surface area contributed by atoms with Crippen LogP contribution in [0.1, 0.15) is 30.1 Å². The first kappa shape index (κ1) is 23.6. The highest BCUT2D eigenvalue weighted by Gasteiger charge is 2.30. The Morgan fingerprint density at radius 1 is 1.12 bits per heavy atom. The van der Waals surface area contributed by atoms with Crippen molar-refractivity contribution >= 4 is 27.6 Å². The third kappa shape index (κ3) is 4.88. The Balaban J connectivity index is 1.76. The van der Waals surface area contributed by atoms with Gasteiger partial charge in [0.2, 0.25) is 0 Å². The molecule has 8 nitrogen and oxygen atoms in total. The Hall–Kier alpha value is -3.07. The molecular weight excluding hydrogens is 432 g/mol. The molecule has 1 saturated heterocycles. The third-order valence-electron chi connectivity index (χ3n) is 5.51. The lowest BCUT2D eigenvalue weighted by Crippen LogP contribution is -2.42. The lowest BCUT2D eigenvalue weighted by molar-refractivity contribution is -0.149. The lowest BCUT2D eigenvalue weighted by atomic mass is 9.97. The molecule has 1 heterocycles. The number of methoxy groups -OCH3 is 1. The molecule has 0 spiro atoms. The number of ether oxygens (including phenoxy) is 2. The minimum Gasteiger partial charge on any atom is -0.495 e. The Bertz CT molecular complexity index is 1070. The highest BCUT2D eigenvalue weighted by molar-refractivity contribution is 7.92. The van der Waals surface area contributed by atoms with Gasteiger partial charge in [-0.1, -0.05) is 12.1 Å². The monoisotopic (exact) mass is 460 g/mol. The molecule has 172 valence electrons. The van der Waals surface area contributed by atoms with Gasteiger partial charge in [0.05, 0.1) is 30.2 Å². The highest BCUT2D eigenvalue weighted by atomic mass is 32.2. The van der Waals surface area contributed by atoms with Crippen LogP contribution >= 0.6 is 0 Å². The van der Waals surface area contributed by atoms with Crippen molar-refractivity contribution in [1.82, 2.24) is 4.90 Å². The van der Waals surface area contributed by atoms with E-state index in [0.29, 0.717) is 49.5 Å². The fourth-order valence-electron chi connectivity index (χ4n) is 3.74. The largest absolute Gasteiger partial charge is 0.495 e. The number of rotatable bonds is 7. The minimum atomic E-state index is -3.85. The van der Waals surface area contributed by atoms with Gasteiger partial charge < -0.3 is 14.4 Å². The minimum absolute atomic E-state index is 0.0606. The van der Waals surface area contributed by atoms with Crippen molar-refractivity contribution in [3.63, 3.8) is 0 Å². The van der Waals surface area contributed by atoms with Gasteiger partial charge in [0.1, 0.15) is 5.75 Å². The second kappa shape index (κ2) is 10.0. The van der Waals surface area contributed by atoms with E-state index in [-0.39, 0.29) is 22.7 Å². The van der Waals surface area contributed by atoms with Crippen LogP contribution in [0, 0.1) is 5.92 Å². The molecule has 0 N–H and O–H groups in total. The second-order valence-electron chi connectivity index (χ2n) is 7.51. The Morgan fingerprint density at radius 2 is 1.81 bits per heavy atom. The number of benzene rings is 2. The van der Waals surface area contributed by atoms with Crippen molar-refractivity contribution in [2.45, 2.75) is 24.7 Å². The number of carbonyl (C=O) groups is 2. The summed E-state index contributed by atoms with van der Waals surface area (Å²) in [5.74, 6) is -0.416. The number of sulfonamides is 1. The molecule has 1 amide bonds. The number of hydrogen-bond acceptors (Lipinski definition) is 6. The van der Waals surface area contributed by atoms with Crippen LogP contribution in [-0.4, -0.2) is 59.0 Å². The average Bonchev–Trinajstić information content (AvgIpc) is 2.83. The zero-order valence-corrected chi connectivity index (χ0v) is 19.3. The summed E-state index contributed by atoms with van der Waals surface area (Å²) < 4.78 is 37.7. The van der Waals surface area contributed by atoms with E-state index in [9.17, 15) is 18.0 Å². The van der Waals surface area contributed by atoms with Gasteiger partial charge in [-0.25, -0.2) is 8.42 Å². The fourth-order valence-corrected chi connectivity index (χ4v) is 4.95. The summed E-state index contributed by atoms with van der Waals surface area (Å²) in [7, 11) is -0.918. The predicted octanol–water partition coefficient (Wildman–Crippen LogP) is 2.94. The molecule has 1 aliphatic heterocycles. The number of esters is 1. The van der Waals surface area contributed by atoms with Crippen LogP contribution in [0.25, 0.3) is 0 Å². The van der Waals surface area contributed by atoms with Gasteiger partial charge in [0, 0.05) is 25.7 Å². The molecule has 0 aromatic heterocycles. The van der Waals surface area contributed by atoms with Crippen molar-refractivity contribution in [3.05, 3.63) is 54.1 Å². The Morgan fingerprint density at radius 3 is 2.47 bits per heavy atom. The van der Waals surface area contributed by atoms with Gasteiger partial charge in [-0.3, -0.25) is 13.9 Å². The molecule has 2 aromatic carbocycles. The van der Waals surface area contributed by atoms with Gasteiger partial charge >= 0.3 is 5.97 Å². The summed E-state index contributed by atoms with van der Waals surface area (Å²) in [6.45, 7) is 2.91. The molecule has 1 atom stereocenters. The Labute approximate surface area is 188 Å². The molecule has 0 bridgehead atoms. The highest BCUT2D eigenvalue weighted by Crippen LogP contribution is 2.31. The van der Waals surface area contributed by atoms with E-state index >= 15 is 0 Å². The summed E-state index contributed by atoms with van der Waals surface area (Å²) in [5.41, 5.74) is 0.780. The Kier molecular flexibility index (Phi) is 7.40. The smallest absolute Gasteiger partial charge is 0.310 e. The van der Waals surface area contributed by atoms with Crippen LogP contribution in [0.15, 0.2) is 53.4 Å². The molecule has 1 fully saturated rings. The lowest BCUT2D eigenvalue weighted by Gasteiger charge is -2.31. The number of hydrogen-bond donors (Lipinski definition) is 0. The first-order valence-corrected chi connectivity index (χ1v) is 11.9. The van der Waals surface area contributed by atoms with E-state index < -0.39 is 10.0 Å². The van der Waals surface area contributed by atoms with Crippen molar-refractivity contribution in [2.75, 3.05) is 38.2 Å². The van der Waals surface area contributed by atoms with E-state index in [4.69, 9.17) is 9.47 Å². The van der Waals surface area contributed by atoms with Crippen molar-refractivity contribution < 1.29 is 27.5 Å². The van der Waals surface area contributed by atoms with Crippen LogP contribution in [0.5, 0.6) is 5.75 Å². The first-order valence-electron chi connectivity index (χ1n) is 10.5. The van der Waals surface area contributed by atoms with Crippen LogP contribution in [0.2, 0.25) is 0 Å². The maximum atomic E-state index is 13.1. The third-order valence-corrected chi connectivity index (χ3v) is 7.30. The van der Waals surface area contributed by atoms with Crippen molar-refractivity contribution in [1.29, 1.82) is 0 Å². The van der Waals surface area contributed by atoms with Crippen LogP contribution in [0.3, 0.4) is 0 Å². The summed E-state index contributed by atoms with van der Waals surface area (Å²) in [5, 5.41) is 0. The topological polar surface area (TPSA) is 93.2 Å². The SMILES string of the molecule is CCOC(=O)C1CCCN(C(=O)c2ccc(S(=O)(=O)N(C)c3ccccc3OC)cc2)C1. The van der Waals surface area contributed by atoms with Crippen LogP contribution in [0.4, 0.5) is 5.69 Å². The second-order valence-corrected chi connectivity index (χ2v) is 9.48. The molecule has 32 heavy (non-hydrogen) atoms. The maximum absolute atomic E-state index is 13.1. The standard InChI is InChI=1S/C23H28N2O6S/c1-4-31-23(27)18-8-7-15-25(16-18)22(26)17-11-13-19(14-12-17)32(28,29)24(2)20-9-5-6-10-21(20)30-3/h5-6,9-14,18H,4,7-8,15-16H2,1-3H3. The van der Waals surface area contributed by atoms with Gasteiger partial charge in [-0.15, -0.1) is 0 Å². The number of piperidine rings is 1. The molecule has 3 rings (SSSR count). The molecule has 0 radical (unpaired) electrons. The molecule has 1 unspecified atom stereocenters. The van der Waals surface area contributed by atoms with Crippen molar-refractivity contribution in [2.24, 2.45) is 5.92 Å². The van der Waals surface area contributed by atoms with E-state index in [1.807, 2.05) is 0 Å². The number of nitrogens with zero attached hydrogens (tertiary/aromatic N) is 2. The summed E-state index contributed by atoms with van der Waals surface area (Å²) >= 11 is 0. The average molecular weight is 461 g/mol. The number of likely N-dealkylation sites (tertiary alicyclic amines) is 1. The van der Waals surface area contributed by atoms with Gasteiger partial charge in [-0.2, -0.15) is 0 Å². The van der Waals surface area contributed by atoms with E-state index in [1.54, 1.807) is 36.1 Å². The van der Waals surface area contributed by atoms with Crippen LogP contribution in [-0.2, 0) is 19.6 Å². The van der Waals surface area contributed by atoms with Crippen LogP contribution < -0.4 is 9.04 Å². The molecule has 9 heteroatoms. The van der Waals surface area contributed by atoms with Gasteiger partial charge in [0.15, 0.2) is 0 Å². The zero-order valence-electron chi connectivity index (χ0n) is 18.5.